The molecule has 1 aromatic carbocycles. The fraction of sp³-hybridized carbons (Fsp3) is 0.375. The van der Waals surface area contributed by atoms with Crippen LogP contribution in [-0.2, 0) is 6.54 Å². The largest absolute Gasteiger partial charge is 0.336 e. The maximum Gasteiger partial charge on any atom is 0.256 e. The smallest absolute Gasteiger partial charge is 0.256 e. The van der Waals surface area contributed by atoms with Crippen LogP contribution < -0.4 is 0 Å². The number of rotatable bonds is 4. The summed E-state index contributed by atoms with van der Waals surface area (Å²) in [5.41, 5.74) is 0.161. The zero-order chi connectivity index (χ0) is 15.4. The molecule has 0 saturated carbocycles. The minimum Gasteiger partial charge on any atom is -0.336 e. The van der Waals surface area contributed by atoms with E-state index < -0.39 is 5.82 Å². The van der Waals surface area contributed by atoms with E-state index in [9.17, 15) is 9.18 Å². The third-order valence-electron chi connectivity index (χ3n) is 4.00. The number of benzene rings is 1. The van der Waals surface area contributed by atoms with Crippen molar-refractivity contribution < 1.29 is 9.18 Å². The van der Waals surface area contributed by atoms with E-state index in [0.29, 0.717) is 13.1 Å². The van der Waals surface area contributed by atoms with Crippen LogP contribution in [0.4, 0.5) is 4.39 Å². The van der Waals surface area contributed by atoms with Gasteiger partial charge in [-0.2, -0.15) is 0 Å². The quantitative estimate of drug-likeness (QED) is 0.859. The number of piperazine rings is 1. The van der Waals surface area contributed by atoms with Crippen molar-refractivity contribution >= 4 is 5.91 Å². The third-order valence-corrected chi connectivity index (χ3v) is 4.00. The molecule has 5 nitrogen and oxygen atoms in total. The lowest BCUT2D eigenvalue weighted by Crippen LogP contribution is -2.49. The van der Waals surface area contributed by atoms with Gasteiger partial charge in [0, 0.05) is 51.7 Å². The van der Waals surface area contributed by atoms with Gasteiger partial charge in [-0.15, -0.1) is 0 Å². The van der Waals surface area contributed by atoms with Crippen molar-refractivity contribution in [3.8, 4) is 0 Å². The molecule has 1 amide bonds. The van der Waals surface area contributed by atoms with Gasteiger partial charge in [0.15, 0.2) is 0 Å². The average Bonchev–Trinajstić information content (AvgIpc) is 3.07. The Morgan fingerprint density at radius 3 is 2.59 bits per heavy atom. The topological polar surface area (TPSA) is 41.4 Å². The summed E-state index contributed by atoms with van der Waals surface area (Å²) in [6.07, 6.45) is 5.51. The molecule has 0 N–H and O–H groups in total. The zero-order valence-electron chi connectivity index (χ0n) is 12.4. The van der Waals surface area contributed by atoms with E-state index in [4.69, 9.17) is 0 Å². The Bertz CT molecular complexity index is 621. The predicted octanol–water partition coefficient (Wildman–Crippen LogP) is 1.48. The maximum absolute atomic E-state index is 13.7. The second-order valence-corrected chi connectivity index (χ2v) is 5.41. The molecule has 2 aromatic rings. The van der Waals surface area contributed by atoms with Crippen LogP contribution in [0.1, 0.15) is 10.4 Å². The molecule has 1 aliphatic heterocycles. The highest BCUT2D eigenvalue weighted by Gasteiger charge is 2.23. The highest BCUT2D eigenvalue weighted by atomic mass is 19.1. The molecule has 0 aliphatic carbocycles. The number of imidazole rings is 1. The molecule has 22 heavy (non-hydrogen) atoms. The number of nitrogens with zero attached hydrogens (tertiary/aromatic N) is 4. The lowest BCUT2D eigenvalue weighted by Gasteiger charge is -2.34. The number of halogens is 1. The number of amides is 1. The van der Waals surface area contributed by atoms with E-state index in [1.807, 2.05) is 10.8 Å². The Labute approximate surface area is 129 Å². The molecule has 1 aromatic heterocycles. The molecule has 0 unspecified atom stereocenters. The summed E-state index contributed by atoms with van der Waals surface area (Å²) in [5.74, 6) is -0.664. The van der Waals surface area contributed by atoms with Gasteiger partial charge in [-0.05, 0) is 12.1 Å². The van der Waals surface area contributed by atoms with E-state index in [-0.39, 0.29) is 11.5 Å². The molecule has 0 spiro atoms. The Hall–Kier alpha value is -2.21. The van der Waals surface area contributed by atoms with Gasteiger partial charge in [-0.1, -0.05) is 12.1 Å². The van der Waals surface area contributed by atoms with Crippen LogP contribution in [0.15, 0.2) is 43.0 Å². The molecule has 2 heterocycles. The van der Waals surface area contributed by atoms with Crippen molar-refractivity contribution in [2.24, 2.45) is 0 Å². The van der Waals surface area contributed by atoms with Crippen molar-refractivity contribution in [1.82, 2.24) is 19.4 Å². The first kappa shape index (κ1) is 14.7. The van der Waals surface area contributed by atoms with Crippen LogP contribution in [-0.4, -0.2) is 58.0 Å². The van der Waals surface area contributed by atoms with E-state index in [2.05, 4.69) is 9.88 Å². The fourth-order valence-electron chi connectivity index (χ4n) is 2.66. The standard InChI is InChI=1S/C16H19FN4O/c17-15-4-2-1-3-14(15)16(22)21-11-9-19(10-12-21)7-8-20-6-5-18-13-20/h1-6,13H,7-12H2. The summed E-state index contributed by atoms with van der Waals surface area (Å²) in [7, 11) is 0. The summed E-state index contributed by atoms with van der Waals surface area (Å²) < 4.78 is 15.7. The van der Waals surface area contributed by atoms with Crippen LogP contribution in [0.3, 0.4) is 0 Å². The molecule has 3 rings (SSSR count). The summed E-state index contributed by atoms with van der Waals surface area (Å²) in [5, 5.41) is 0. The first-order valence-electron chi connectivity index (χ1n) is 7.46. The van der Waals surface area contributed by atoms with Crippen LogP contribution >= 0.6 is 0 Å². The summed E-state index contributed by atoms with van der Waals surface area (Å²) in [4.78, 5) is 20.4. The molecular weight excluding hydrogens is 283 g/mol. The van der Waals surface area contributed by atoms with E-state index in [0.717, 1.165) is 26.2 Å². The summed E-state index contributed by atoms with van der Waals surface area (Å²) >= 11 is 0. The number of carbonyl (C=O) groups is 1. The number of hydrogen-bond donors (Lipinski definition) is 0. The van der Waals surface area contributed by atoms with Crippen LogP contribution in [0, 0.1) is 5.82 Å². The molecule has 0 radical (unpaired) electrons. The van der Waals surface area contributed by atoms with Gasteiger partial charge in [-0.25, -0.2) is 9.37 Å². The summed E-state index contributed by atoms with van der Waals surface area (Å²) in [6.45, 7) is 4.72. The highest BCUT2D eigenvalue weighted by Crippen LogP contribution is 2.12. The number of carbonyl (C=O) groups excluding carboxylic acids is 1. The lowest BCUT2D eigenvalue weighted by molar-refractivity contribution is 0.0628. The van der Waals surface area contributed by atoms with Crippen molar-refractivity contribution in [1.29, 1.82) is 0 Å². The van der Waals surface area contributed by atoms with Gasteiger partial charge in [0.2, 0.25) is 0 Å². The Balaban J connectivity index is 1.51. The van der Waals surface area contributed by atoms with Gasteiger partial charge >= 0.3 is 0 Å². The minimum absolute atomic E-state index is 0.161. The van der Waals surface area contributed by atoms with Crippen molar-refractivity contribution in [3.63, 3.8) is 0 Å². The molecule has 6 heteroatoms. The van der Waals surface area contributed by atoms with Gasteiger partial charge < -0.3 is 9.47 Å². The molecule has 1 aliphatic rings. The van der Waals surface area contributed by atoms with Gasteiger partial charge in [0.05, 0.1) is 11.9 Å². The second kappa shape index (κ2) is 6.70. The fourth-order valence-corrected chi connectivity index (χ4v) is 2.66. The van der Waals surface area contributed by atoms with E-state index >= 15 is 0 Å². The number of aromatic nitrogens is 2. The molecule has 1 fully saturated rings. The highest BCUT2D eigenvalue weighted by molar-refractivity contribution is 5.94. The first-order chi connectivity index (χ1) is 10.7. The van der Waals surface area contributed by atoms with Crippen molar-refractivity contribution in [2.45, 2.75) is 6.54 Å². The SMILES string of the molecule is O=C(c1ccccc1F)N1CCN(CCn2ccnc2)CC1. The Morgan fingerprint density at radius 2 is 1.91 bits per heavy atom. The van der Waals surface area contributed by atoms with Crippen LogP contribution in [0.25, 0.3) is 0 Å². The lowest BCUT2D eigenvalue weighted by atomic mass is 10.1. The minimum atomic E-state index is -0.449. The Morgan fingerprint density at radius 1 is 1.14 bits per heavy atom. The van der Waals surface area contributed by atoms with Crippen LogP contribution in [0.2, 0.25) is 0 Å². The van der Waals surface area contributed by atoms with Crippen LogP contribution in [0.5, 0.6) is 0 Å². The second-order valence-electron chi connectivity index (χ2n) is 5.41. The van der Waals surface area contributed by atoms with Gasteiger partial charge in [0.1, 0.15) is 5.82 Å². The third kappa shape index (κ3) is 3.33. The predicted molar refractivity (Wildman–Crippen MR) is 81.0 cm³/mol. The zero-order valence-corrected chi connectivity index (χ0v) is 12.4. The average molecular weight is 302 g/mol. The Kier molecular flexibility index (Phi) is 4.48. The molecular formula is C16H19FN4O. The number of hydrogen-bond acceptors (Lipinski definition) is 3. The van der Waals surface area contributed by atoms with E-state index in [1.165, 1.54) is 6.07 Å². The van der Waals surface area contributed by atoms with Gasteiger partial charge in [-0.3, -0.25) is 9.69 Å². The van der Waals surface area contributed by atoms with Gasteiger partial charge in [0.25, 0.3) is 5.91 Å². The molecule has 0 atom stereocenters. The van der Waals surface area contributed by atoms with E-state index in [1.54, 1.807) is 35.6 Å². The van der Waals surface area contributed by atoms with Crippen molar-refractivity contribution in [2.75, 3.05) is 32.7 Å². The van der Waals surface area contributed by atoms with Crippen molar-refractivity contribution in [3.05, 3.63) is 54.4 Å². The monoisotopic (exact) mass is 302 g/mol. The maximum atomic E-state index is 13.7. The molecule has 116 valence electrons. The molecule has 0 bridgehead atoms. The normalized spacial score (nSPS) is 16.0. The molecule has 1 saturated heterocycles. The summed E-state index contributed by atoms with van der Waals surface area (Å²) in [6, 6.07) is 6.16. The first-order valence-corrected chi connectivity index (χ1v) is 7.46.